The first kappa shape index (κ1) is 35.6. The maximum Gasteiger partial charge on any atom is -1.00 e. The average molecular weight is 723 g/mol. The van der Waals surface area contributed by atoms with Crippen LogP contribution in [0.5, 0.6) is 0 Å². The van der Waals surface area contributed by atoms with Crippen molar-refractivity contribution in [2.45, 2.75) is 129 Å². The van der Waals surface area contributed by atoms with Crippen LogP contribution in [0.1, 0.15) is 140 Å². The quantitative estimate of drug-likeness (QED) is 0.383. The van der Waals surface area contributed by atoms with Crippen molar-refractivity contribution < 1.29 is 46.1 Å². The smallest absolute Gasteiger partial charge is 1.00 e. The van der Waals surface area contributed by atoms with Crippen LogP contribution in [0.4, 0.5) is 0 Å². The minimum absolute atomic E-state index is 0. The predicted molar refractivity (Wildman–Crippen MR) is 183 cm³/mol. The second-order valence-electron chi connectivity index (χ2n) is 18.1. The molecule has 2 aromatic carbocycles. The molecular formula is C42H56Cl2Zr. The van der Waals surface area contributed by atoms with Gasteiger partial charge in [-0.25, -0.2) is 0 Å². The molecule has 0 aliphatic heterocycles. The van der Waals surface area contributed by atoms with Gasteiger partial charge in [0.2, 0.25) is 0 Å². The third kappa shape index (κ3) is 6.17. The molecule has 4 saturated carbocycles. The summed E-state index contributed by atoms with van der Waals surface area (Å²) in [6, 6.07) is 15.2. The predicted octanol–water partition coefficient (Wildman–Crippen LogP) is 5.65. The van der Waals surface area contributed by atoms with Crippen LogP contribution in [0.3, 0.4) is 0 Å². The van der Waals surface area contributed by atoms with Gasteiger partial charge in [0.15, 0.2) is 0 Å². The molecule has 2 aromatic rings. The Morgan fingerprint density at radius 2 is 1.20 bits per heavy atom. The molecule has 6 aliphatic rings. The Morgan fingerprint density at radius 3 is 1.60 bits per heavy atom. The molecule has 4 bridgehead atoms. The van der Waals surface area contributed by atoms with Crippen LogP contribution in [0.25, 0.3) is 11.1 Å². The van der Waals surface area contributed by atoms with Crippen LogP contribution >= 0.6 is 0 Å². The van der Waals surface area contributed by atoms with Crippen molar-refractivity contribution in [2.24, 2.45) is 29.1 Å². The van der Waals surface area contributed by atoms with Gasteiger partial charge < -0.3 is 24.8 Å². The first-order chi connectivity index (χ1) is 20.1. The second kappa shape index (κ2) is 12.3. The number of rotatable bonds is 4. The molecule has 0 spiro atoms. The molecule has 0 amide bonds. The number of hydrogen-bond donors (Lipinski definition) is 0. The zero-order valence-electron chi connectivity index (χ0n) is 29.6. The van der Waals surface area contributed by atoms with Crippen LogP contribution in [0, 0.1) is 29.1 Å². The molecule has 1 unspecified atom stereocenters. The minimum atomic E-state index is -2.31. The molecule has 8 rings (SSSR count). The Morgan fingerprint density at radius 1 is 0.756 bits per heavy atom. The van der Waals surface area contributed by atoms with Crippen LogP contribution in [-0.4, -0.2) is 3.21 Å². The van der Waals surface area contributed by atoms with Gasteiger partial charge >= 0.3 is 272 Å². The molecule has 0 saturated heterocycles. The number of allylic oxidation sites excluding steroid dienone is 4. The summed E-state index contributed by atoms with van der Waals surface area (Å²) < 4.78 is 4.25. The van der Waals surface area contributed by atoms with Gasteiger partial charge in [0.05, 0.1) is 0 Å². The maximum absolute atomic E-state index is 2.76. The fourth-order valence-corrected chi connectivity index (χ4v) is 19.9. The van der Waals surface area contributed by atoms with Crippen molar-refractivity contribution in [3.05, 3.63) is 79.2 Å². The molecule has 1 atom stereocenters. The molecule has 0 N–H and O–H groups in total. The number of hydrogen-bond acceptors (Lipinski definition) is 0. The first-order valence-electron chi connectivity index (χ1n) is 17.5. The molecule has 0 nitrogen and oxygen atoms in total. The molecule has 0 radical (unpaired) electrons. The number of fused-ring (bicyclic) bond motifs is 3. The van der Waals surface area contributed by atoms with E-state index in [1.807, 2.05) is 3.28 Å². The summed E-state index contributed by atoms with van der Waals surface area (Å²) in [4.78, 5) is 0. The summed E-state index contributed by atoms with van der Waals surface area (Å²) in [7, 11) is 0. The Balaban J connectivity index is 0.00000200. The van der Waals surface area contributed by atoms with Crippen molar-refractivity contribution in [3.8, 4) is 11.1 Å². The van der Waals surface area contributed by atoms with Crippen molar-refractivity contribution in [3.63, 3.8) is 0 Å². The molecule has 0 heterocycles. The van der Waals surface area contributed by atoms with Crippen LogP contribution in [0.15, 0.2) is 56.9 Å². The fraction of sp³-hybridized carbons (Fsp3) is 0.595. The van der Waals surface area contributed by atoms with E-state index in [-0.39, 0.29) is 35.6 Å². The first-order valence-corrected chi connectivity index (χ1v) is 21.4. The number of halogens is 2. The molecule has 6 aliphatic carbocycles. The van der Waals surface area contributed by atoms with Crippen LogP contribution in [0.2, 0.25) is 0 Å². The third-order valence-corrected chi connectivity index (χ3v) is 21.5. The minimum Gasteiger partial charge on any atom is -1.00 e. The van der Waals surface area contributed by atoms with Crippen molar-refractivity contribution in [1.82, 2.24) is 0 Å². The van der Waals surface area contributed by atoms with Crippen LogP contribution < -0.4 is 24.8 Å². The molecule has 242 valence electrons. The van der Waals surface area contributed by atoms with Gasteiger partial charge in [-0.15, -0.1) is 0 Å². The van der Waals surface area contributed by atoms with Crippen molar-refractivity contribution in [2.75, 3.05) is 0 Å². The zero-order chi connectivity index (χ0) is 30.6. The van der Waals surface area contributed by atoms with Gasteiger partial charge in [-0.1, -0.05) is 0 Å². The molecule has 45 heavy (non-hydrogen) atoms. The number of benzene rings is 2. The Hall–Kier alpha value is -0.747. The van der Waals surface area contributed by atoms with E-state index in [9.17, 15) is 0 Å². The van der Waals surface area contributed by atoms with Gasteiger partial charge in [-0.3, -0.25) is 0 Å². The van der Waals surface area contributed by atoms with Crippen LogP contribution in [-0.2, 0) is 32.1 Å². The standard InChI is InChI=1S/C21H25.C18H25.C3H6.2ClH.Zr/c1-20(2,3)16-9-7-14-11-15-8-10-17(21(4,5)6)13-19(15)18(14)12-16;1-12-3-13(2)17(4-12)11-18-8-14-5-15(9-18)7-16(6-14)10-18;1-3-2;;;/h7-13H,1-6H3;4,12,14-16H,5-11H2,1-2H3;1-2H3;2*1H;/q;;;;;+2/p-2. The average Bonchev–Trinajstić information content (AvgIpc) is 3.35. The summed E-state index contributed by atoms with van der Waals surface area (Å²) in [6.45, 7) is 24.3. The van der Waals surface area contributed by atoms with E-state index >= 15 is 0 Å². The summed E-state index contributed by atoms with van der Waals surface area (Å²) in [5.41, 5.74) is 13.7. The summed E-state index contributed by atoms with van der Waals surface area (Å²) in [6.07, 6.45) is 13.3. The normalized spacial score (nSPS) is 28.2. The van der Waals surface area contributed by atoms with Gasteiger partial charge in [0.25, 0.3) is 0 Å². The van der Waals surface area contributed by atoms with Gasteiger partial charge in [0, 0.05) is 0 Å². The Bertz CT molecular complexity index is 1480. The molecule has 0 aromatic heterocycles. The summed E-state index contributed by atoms with van der Waals surface area (Å²) >= 11 is -2.31. The fourth-order valence-electron chi connectivity index (χ4n) is 10.8. The maximum atomic E-state index is 2.76. The van der Waals surface area contributed by atoms with E-state index in [0.29, 0.717) is 15.0 Å². The van der Waals surface area contributed by atoms with E-state index in [0.717, 1.165) is 17.8 Å². The van der Waals surface area contributed by atoms with E-state index in [1.165, 1.54) is 47.9 Å². The van der Waals surface area contributed by atoms with Crippen molar-refractivity contribution in [1.29, 1.82) is 0 Å². The second-order valence-corrected chi connectivity index (χ2v) is 25.3. The summed E-state index contributed by atoms with van der Waals surface area (Å²) in [5.74, 6) is 3.71. The zero-order valence-corrected chi connectivity index (χ0v) is 33.6. The van der Waals surface area contributed by atoms with Gasteiger partial charge in [-0.2, -0.15) is 0 Å². The van der Waals surface area contributed by atoms with Gasteiger partial charge in [-0.05, 0) is 0 Å². The van der Waals surface area contributed by atoms with Gasteiger partial charge in [0.1, 0.15) is 0 Å². The van der Waals surface area contributed by atoms with E-state index < -0.39 is 21.3 Å². The molecular weight excluding hydrogens is 667 g/mol. The topological polar surface area (TPSA) is 0 Å². The molecule has 3 heteroatoms. The van der Waals surface area contributed by atoms with E-state index in [1.54, 1.807) is 44.7 Å². The Kier molecular flexibility index (Phi) is 9.71. The van der Waals surface area contributed by atoms with E-state index in [4.69, 9.17) is 0 Å². The largest absolute Gasteiger partial charge is 1.00 e. The molecule has 4 fully saturated rings. The monoisotopic (exact) mass is 720 g/mol. The van der Waals surface area contributed by atoms with E-state index in [2.05, 4.69) is 112 Å². The third-order valence-electron chi connectivity index (χ3n) is 12.4. The Labute approximate surface area is 295 Å². The SMILES string of the molecule is CC1=[C]([Zr+2](=[C](C)C)[CH]2c3ccc(C(C)(C)C)cc3-c3cc(C(C)(C)C)ccc32)C(C)C=C1CC12CC3CC(CC(C3)C1)C2.[Cl-].[Cl-]. The summed E-state index contributed by atoms with van der Waals surface area (Å²) in [5, 5.41) is 0. The van der Waals surface area contributed by atoms with Crippen molar-refractivity contribution >= 4 is 3.21 Å².